The molecule has 0 aliphatic heterocycles. The van der Waals surface area contributed by atoms with E-state index in [-0.39, 0.29) is 11.2 Å². The second-order valence-electron chi connectivity index (χ2n) is 8.23. The maximum absolute atomic E-state index is 14.5. The number of allylic oxidation sites excluding steroid dienone is 4. The lowest BCUT2D eigenvalue weighted by Gasteiger charge is -2.16. The molecular formula is C24H28FN3. The van der Waals surface area contributed by atoms with E-state index in [1.807, 2.05) is 32.9 Å². The first-order chi connectivity index (χ1) is 13.2. The summed E-state index contributed by atoms with van der Waals surface area (Å²) >= 11 is 0. The third kappa shape index (κ3) is 4.06. The number of hydrogen-bond acceptors (Lipinski definition) is 3. The smallest absolute Gasteiger partial charge is 0.164 e. The van der Waals surface area contributed by atoms with E-state index in [0.29, 0.717) is 11.4 Å². The van der Waals surface area contributed by atoms with Crippen LogP contribution in [0.2, 0.25) is 0 Å². The van der Waals surface area contributed by atoms with E-state index >= 15 is 0 Å². The van der Waals surface area contributed by atoms with E-state index < -0.39 is 0 Å². The van der Waals surface area contributed by atoms with Crippen molar-refractivity contribution in [3.63, 3.8) is 0 Å². The molecule has 1 aliphatic carbocycles. The molecule has 0 atom stereocenters. The number of aromatic nitrogens is 2. The quantitative estimate of drug-likeness (QED) is 0.634. The summed E-state index contributed by atoms with van der Waals surface area (Å²) in [4.78, 5) is 9.51. The number of halogens is 1. The van der Waals surface area contributed by atoms with Gasteiger partial charge in [0.2, 0.25) is 0 Å². The van der Waals surface area contributed by atoms with Crippen molar-refractivity contribution in [2.75, 3.05) is 5.32 Å². The van der Waals surface area contributed by atoms with Gasteiger partial charge >= 0.3 is 0 Å². The second-order valence-corrected chi connectivity index (χ2v) is 8.23. The second kappa shape index (κ2) is 7.70. The molecule has 0 unspecified atom stereocenters. The molecule has 1 aromatic carbocycles. The Morgan fingerprint density at radius 3 is 2.68 bits per heavy atom. The molecule has 4 heteroatoms. The minimum absolute atomic E-state index is 0.106. The van der Waals surface area contributed by atoms with Crippen molar-refractivity contribution in [2.45, 2.75) is 47.5 Å². The molecular weight excluding hydrogens is 349 g/mol. The van der Waals surface area contributed by atoms with Gasteiger partial charge in [0.05, 0.1) is 11.3 Å². The third-order valence-corrected chi connectivity index (χ3v) is 5.15. The first-order valence-electron chi connectivity index (χ1n) is 9.63. The fourth-order valence-electron chi connectivity index (χ4n) is 3.56. The van der Waals surface area contributed by atoms with Gasteiger partial charge in [-0.25, -0.2) is 14.4 Å². The molecule has 1 N–H and O–H groups in total. The molecule has 0 saturated heterocycles. The molecule has 0 amide bonds. The van der Waals surface area contributed by atoms with Crippen molar-refractivity contribution >= 4 is 5.82 Å². The molecule has 1 aromatic heterocycles. The fraction of sp³-hybridized carbons (Fsp3) is 0.333. The van der Waals surface area contributed by atoms with Crippen LogP contribution < -0.4 is 5.32 Å². The normalized spacial score (nSPS) is 16.1. The van der Waals surface area contributed by atoms with E-state index in [9.17, 15) is 4.39 Å². The van der Waals surface area contributed by atoms with Gasteiger partial charge < -0.3 is 5.32 Å². The Balaban J connectivity index is 2.16. The van der Waals surface area contributed by atoms with E-state index in [1.54, 1.807) is 18.2 Å². The molecule has 0 saturated carbocycles. The van der Waals surface area contributed by atoms with Crippen LogP contribution in [-0.2, 0) is 12.8 Å². The number of aryl methyl sites for hydroxylation is 1. The summed E-state index contributed by atoms with van der Waals surface area (Å²) in [5.41, 5.74) is 5.65. The predicted molar refractivity (Wildman–Crippen MR) is 115 cm³/mol. The molecule has 0 radical (unpaired) electrons. The summed E-state index contributed by atoms with van der Waals surface area (Å²) in [6.07, 6.45) is 7.45. The zero-order valence-corrected chi connectivity index (χ0v) is 17.4. The number of benzene rings is 1. The van der Waals surface area contributed by atoms with Gasteiger partial charge in [-0.3, -0.25) is 0 Å². The van der Waals surface area contributed by atoms with Gasteiger partial charge in [0, 0.05) is 11.3 Å². The van der Waals surface area contributed by atoms with Gasteiger partial charge in [0.25, 0.3) is 0 Å². The van der Waals surface area contributed by atoms with E-state index in [0.717, 1.165) is 46.8 Å². The van der Waals surface area contributed by atoms with Crippen LogP contribution in [0.3, 0.4) is 0 Å². The van der Waals surface area contributed by atoms with Crippen molar-refractivity contribution in [3.8, 4) is 11.4 Å². The summed E-state index contributed by atoms with van der Waals surface area (Å²) in [6.45, 7) is 14.2. The van der Waals surface area contributed by atoms with Crippen molar-refractivity contribution in [2.24, 2.45) is 5.41 Å². The number of nitrogens with one attached hydrogen (secondary N) is 1. The van der Waals surface area contributed by atoms with Gasteiger partial charge in [-0.15, -0.1) is 0 Å². The predicted octanol–water partition coefficient (Wildman–Crippen LogP) is 6.16. The zero-order chi connectivity index (χ0) is 20.5. The number of rotatable bonds is 5. The molecule has 1 heterocycles. The van der Waals surface area contributed by atoms with Crippen LogP contribution in [0.4, 0.5) is 10.2 Å². The molecule has 1 aliphatic rings. The number of nitrogens with zero attached hydrogens (tertiary/aromatic N) is 2. The van der Waals surface area contributed by atoms with E-state index in [1.165, 1.54) is 6.07 Å². The van der Waals surface area contributed by atoms with Gasteiger partial charge in [-0.1, -0.05) is 44.2 Å². The summed E-state index contributed by atoms with van der Waals surface area (Å²) in [5, 5.41) is 3.46. The van der Waals surface area contributed by atoms with Crippen molar-refractivity contribution in [3.05, 3.63) is 76.9 Å². The van der Waals surface area contributed by atoms with Crippen LogP contribution in [0.25, 0.3) is 11.4 Å². The Kier molecular flexibility index (Phi) is 5.50. The average molecular weight is 378 g/mol. The Morgan fingerprint density at radius 1 is 1.25 bits per heavy atom. The molecule has 3 nitrogen and oxygen atoms in total. The molecule has 0 spiro atoms. The van der Waals surface area contributed by atoms with Crippen LogP contribution in [-0.4, -0.2) is 9.97 Å². The maximum atomic E-state index is 14.5. The minimum atomic E-state index is -0.305. The molecule has 28 heavy (non-hydrogen) atoms. The lowest BCUT2D eigenvalue weighted by atomic mass is 9.90. The fourth-order valence-corrected chi connectivity index (χ4v) is 3.56. The summed E-state index contributed by atoms with van der Waals surface area (Å²) in [7, 11) is 0. The van der Waals surface area contributed by atoms with E-state index in [4.69, 9.17) is 9.97 Å². The number of anilines is 1. The first-order valence-corrected chi connectivity index (χ1v) is 9.63. The van der Waals surface area contributed by atoms with E-state index in [2.05, 4.69) is 25.7 Å². The monoisotopic (exact) mass is 377 g/mol. The van der Waals surface area contributed by atoms with Gasteiger partial charge in [0.15, 0.2) is 5.82 Å². The first kappa shape index (κ1) is 20.0. The molecule has 3 rings (SSSR count). The highest BCUT2D eigenvalue weighted by Crippen LogP contribution is 2.40. The minimum Gasteiger partial charge on any atom is -0.340 e. The highest BCUT2D eigenvalue weighted by Gasteiger charge is 2.33. The SMILES string of the molecule is C=C/C=C(Nc1nc(-c2cc(C)ccc2F)nc2c1CC(C)(C)C2)\C(C)=C/C. The summed E-state index contributed by atoms with van der Waals surface area (Å²) in [5.74, 6) is 0.872. The third-order valence-electron chi connectivity index (χ3n) is 5.15. The van der Waals surface area contributed by atoms with Crippen LogP contribution >= 0.6 is 0 Å². The Labute approximate surface area is 167 Å². The number of fused-ring (bicyclic) bond motifs is 1. The van der Waals surface area contributed by atoms with Crippen LogP contribution in [0.1, 0.15) is 44.5 Å². The van der Waals surface area contributed by atoms with Crippen molar-refractivity contribution in [1.29, 1.82) is 0 Å². The van der Waals surface area contributed by atoms with Crippen molar-refractivity contribution in [1.82, 2.24) is 9.97 Å². The highest BCUT2D eigenvalue weighted by molar-refractivity contribution is 5.64. The standard InChI is InChI=1S/C24H28FN3/c1-7-9-20(16(4)8-2)26-23-18-13-24(5,6)14-21(18)27-22(28-23)17-12-15(3)10-11-19(17)25/h7-12H,1,13-14H2,2-6H3,(H,26,27,28)/b16-8-,20-9+. The maximum Gasteiger partial charge on any atom is 0.164 e. The molecule has 146 valence electrons. The number of hydrogen-bond donors (Lipinski definition) is 1. The van der Waals surface area contributed by atoms with Gasteiger partial charge in [-0.2, -0.15) is 0 Å². The lowest BCUT2D eigenvalue weighted by molar-refractivity contribution is 0.391. The molecule has 2 aromatic rings. The molecule has 0 fully saturated rings. The Morgan fingerprint density at radius 2 is 2.00 bits per heavy atom. The summed E-state index contributed by atoms with van der Waals surface area (Å²) in [6, 6.07) is 5.04. The zero-order valence-electron chi connectivity index (χ0n) is 17.4. The highest BCUT2D eigenvalue weighted by atomic mass is 19.1. The summed E-state index contributed by atoms with van der Waals surface area (Å²) < 4.78 is 14.5. The van der Waals surface area contributed by atoms with Crippen LogP contribution in [0.5, 0.6) is 0 Å². The van der Waals surface area contributed by atoms with Gasteiger partial charge in [0.1, 0.15) is 11.6 Å². The Bertz CT molecular complexity index is 984. The topological polar surface area (TPSA) is 37.8 Å². The average Bonchev–Trinajstić information content (AvgIpc) is 2.96. The molecule has 0 bridgehead atoms. The van der Waals surface area contributed by atoms with Crippen LogP contribution in [0.15, 0.2) is 54.3 Å². The van der Waals surface area contributed by atoms with Crippen LogP contribution in [0, 0.1) is 18.2 Å². The lowest BCUT2D eigenvalue weighted by Crippen LogP contribution is -2.10. The van der Waals surface area contributed by atoms with Gasteiger partial charge in [-0.05, 0) is 62.8 Å². The van der Waals surface area contributed by atoms with Crippen molar-refractivity contribution < 1.29 is 4.39 Å². The Hall–Kier alpha value is -2.75. The largest absolute Gasteiger partial charge is 0.340 e.